The van der Waals surface area contributed by atoms with Crippen molar-refractivity contribution in [3.63, 3.8) is 0 Å². The monoisotopic (exact) mass is 418 g/mol. The van der Waals surface area contributed by atoms with E-state index in [4.69, 9.17) is 10.5 Å². The van der Waals surface area contributed by atoms with Crippen LogP contribution >= 0.6 is 11.3 Å². The Bertz CT molecular complexity index is 944. The SMILES string of the molecule is CCN(c1scc(C(=O)NCc2c(C)[nH]c(C)c(N)c2=O)c1C)C1CCOCC1. The number of H-pyrrole nitrogens is 1. The molecule has 0 unspecified atom stereocenters. The first-order valence-electron chi connectivity index (χ1n) is 10.0. The van der Waals surface area contributed by atoms with Crippen LogP contribution in [0.3, 0.4) is 0 Å². The van der Waals surface area contributed by atoms with Gasteiger partial charge in [0.05, 0.1) is 16.3 Å². The number of ether oxygens (including phenoxy) is 1. The third-order valence-corrected chi connectivity index (χ3v) is 6.78. The molecule has 3 rings (SSSR count). The Morgan fingerprint density at radius 2 is 2.00 bits per heavy atom. The summed E-state index contributed by atoms with van der Waals surface area (Å²) in [5.74, 6) is -0.175. The van der Waals surface area contributed by atoms with E-state index in [2.05, 4.69) is 22.1 Å². The number of nitrogen functional groups attached to an aromatic ring is 1. The molecule has 2 aromatic heterocycles. The number of aryl methyl sites for hydroxylation is 2. The Kier molecular flexibility index (Phi) is 6.64. The number of nitrogens with zero attached hydrogens (tertiary/aromatic N) is 1. The summed E-state index contributed by atoms with van der Waals surface area (Å²) in [5.41, 5.74) is 9.32. The molecule has 1 amide bonds. The van der Waals surface area contributed by atoms with Crippen LogP contribution in [0.4, 0.5) is 10.7 Å². The standard InChI is InChI=1S/C21H30N4O3S/c1-5-25(15-6-8-28-9-7-15)21-12(2)17(11-29-21)20(27)23-10-16-13(3)24-14(4)18(22)19(16)26/h11,15H,5-10,22H2,1-4H3,(H,23,27)(H,24,26). The zero-order chi connectivity index (χ0) is 21.1. The summed E-state index contributed by atoms with van der Waals surface area (Å²) in [5, 5.41) is 5.93. The molecule has 0 radical (unpaired) electrons. The normalized spacial score (nSPS) is 14.8. The molecular weight excluding hydrogens is 388 g/mol. The Balaban J connectivity index is 1.76. The Labute approximate surface area is 175 Å². The molecule has 8 heteroatoms. The molecule has 2 aromatic rings. The largest absolute Gasteiger partial charge is 0.394 e. The fourth-order valence-corrected chi connectivity index (χ4v) is 5.10. The zero-order valence-electron chi connectivity index (χ0n) is 17.6. The van der Waals surface area contributed by atoms with Gasteiger partial charge in [0.1, 0.15) is 0 Å². The molecule has 1 saturated heterocycles. The minimum atomic E-state index is -0.224. The second-order valence-corrected chi connectivity index (χ2v) is 8.35. The molecule has 3 heterocycles. The van der Waals surface area contributed by atoms with E-state index in [1.165, 1.54) is 0 Å². The number of carbonyl (C=O) groups is 1. The molecule has 4 N–H and O–H groups in total. The van der Waals surface area contributed by atoms with Crippen molar-refractivity contribution >= 4 is 27.9 Å². The van der Waals surface area contributed by atoms with Crippen LogP contribution in [0.15, 0.2) is 10.2 Å². The van der Waals surface area contributed by atoms with E-state index >= 15 is 0 Å². The van der Waals surface area contributed by atoms with E-state index in [0.717, 1.165) is 48.9 Å². The number of hydrogen-bond donors (Lipinski definition) is 3. The van der Waals surface area contributed by atoms with Crippen molar-refractivity contribution in [1.29, 1.82) is 0 Å². The second kappa shape index (κ2) is 9.00. The highest BCUT2D eigenvalue weighted by Gasteiger charge is 2.25. The number of nitrogens with two attached hydrogens (primary N) is 1. The summed E-state index contributed by atoms with van der Waals surface area (Å²) in [7, 11) is 0. The molecule has 0 spiro atoms. The van der Waals surface area contributed by atoms with Crippen LogP contribution < -0.4 is 21.4 Å². The number of rotatable bonds is 6. The van der Waals surface area contributed by atoms with Crippen molar-refractivity contribution in [3.05, 3.63) is 43.7 Å². The van der Waals surface area contributed by atoms with E-state index in [1.54, 1.807) is 18.3 Å². The number of hydrogen-bond acceptors (Lipinski definition) is 6. The summed E-state index contributed by atoms with van der Waals surface area (Å²) < 4.78 is 5.49. The third kappa shape index (κ3) is 4.33. The van der Waals surface area contributed by atoms with Crippen molar-refractivity contribution < 1.29 is 9.53 Å². The number of carbonyl (C=O) groups excluding carboxylic acids is 1. The molecule has 0 aromatic carbocycles. The lowest BCUT2D eigenvalue weighted by Gasteiger charge is -2.34. The van der Waals surface area contributed by atoms with Gasteiger partial charge in [0.25, 0.3) is 5.91 Å². The van der Waals surface area contributed by atoms with Crippen LogP contribution in [0.2, 0.25) is 0 Å². The van der Waals surface area contributed by atoms with Crippen LogP contribution in [0.1, 0.15) is 52.6 Å². The van der Waals surface area contributed by atoms with E-state index < -0.39 is 0 Å². The number of nitrogens with one attached hydrogen (secondary N) is 2. The lowest BCUT2D eigenvalue weighted by molar-refractivity contribution is 0.0847. The molecule has 1 aliphatic heterocycles. The van der Waals surface area contributed by atoms with E-state index in [1.807, 2.05) is 19.2 Å². The molecule has 7 nitrogen and oxygen atoms in total. The van der Waals surface area contributed by atoms with Gasteiger partial charge in [-0.15, -0.1) is 11.3 Å². The van der Waals surface area contributed by atoms with Gasteiger partial charge in [0.2, 0.25) is 5.43 Å². The van der Waals surface area contributed by atoms with Crippen LogP contribution in [-0.2, 0) is 11.3 Å². The fraction of sp³-hybridized carbons (Fsp3) is 0.524. The average molecular weight is 419 g/mol. The lowest BCUT2D eigenvalue weighted by Crippen LogP contribution is -2.39. The summed E-state index contributed by atoms with van der Waals surface area (Å²) >= 11 is 1.60. The number of anilines is 2. The van der Waals surface area contributed by atoms with Gasteiger partial charge in [-0.3, -0.25) is 9.59 Å². The first kappa shape index (κ1) is 21.4. The van der Waals surface area contributed by atoms with Gasteiger partial charge < -0.3 is 25.7 Å². The maximum Gasteiger partial charge on any atom is 0.252 e. The highest BCUT2D eigenvalue weighted by Crippen LogP contribution is 2.34. The molecule has 158 valence electrons. The van der Waals surface area contributed by atoms with Gasteiger partial charge in [-0.1, -0.05) is 0 Å². The number of thiophene rings is 1. The van der Waals surface area contributed by atoms with Crippen LogP contribution in [0, 0.1) is 20.8 Å². The minimum Gasteiger partial charge on any atom is -0.394 e. The second-order valence-electron chi connectivity index (χ2n) is 7.49. The first-order valence-corrected chi connectivity index (χ1v) is 10.9. The summed E-state index contributed by atoms with van der Waals surface area (Å²) in [4.78, 5) is 30.7. The average Bonchev–Trinajstić information content (AvgIpc) is 3.09. The number of aromatic amines is 1. The Hall–Kier alpha value is -2.32. The number of aromatic nitrogens is 1. The predicted octanol–water partition coefficient (Wildman–Crippen LogP) is 2.88. The molecular formula is C21H30N4O3S. The van der Waals surface area contributed by atoms with E-state index in [0.29, 0.717) is 22.9 Å². The Morgan fingerprint density at radius 3 is 2.66 bits per heavy atom. The van der Waals surface area contributed by atoms with Crippen LogP contribution in [0.5, 0.6) is 0 Å². The van der Waals surface area contributed by atoms with Gasteiger partial charge in [-0.25, -0.2) is 0 Å². The van der Waals surface area contributed by atoms with Crippen molar-refractivity contribution in [2.75, 3.05) is 30.4 Å². The summed E-state index contributed by atoms with van der Waals surface area (Å²) in [6.45, 7) is 10.3. The van der Waals surface area contributed by atoms with Crippen LogP contribution in [0.25, 0.3) is 0 Å². The first-order chi connectivity index (χ1) is 13.8. The summed E-state index contributed by atoms with van der Waals surface area (Å²) in [6, 6.07) is 0.443. The van der Waals surface area contributed by atoms with Gasteiger partial charge in [-0.05, 0) is 46.1 Å². The number of amides is 1. The molecule has 1 fully saturated rings. The third-order valence-electron chi connectivity index (χ3n) is 5.67. The predicted molar refractivity (Wildman–Crippen MR) is 118 cm³/mol. The number of pyridine rings is 1. The summed E-state index contributed by atoms with van der Waals surface area (Å²) in [6.07, 6.45) is 2.01. The highest BCUT2D eigenvalue weighted by atomic mass is 32.1. The fourth-order valence-electron chi connectivity index (χ4n) is 3.88. The highest BCUT2D eigenvalue weighted by molar-refractivity contribution is 7.14. The van der Waals surface area contributed by atoms with Gasteiger partial charge in [0.15, 0.2) is 0 Å². The van der Waals surface area contributed by atoms with Gasteiger partial charge in [-0.2, -0.15) is 0 Å². The molecule has 1 aliphatic rings. The van der Waals surface area contributed by atoms with Crippen molar-refractivity contribution in [1.82, 2.24) is 10.3 Å². The molecule has 0 saturated carbocycles. The maximum absolute atomic E-state index is 12.8. The topological polar surface area (TPSA) is 100 Å². The molecule has 29 heavy (non-hydrogen) atoms. The quantitative estimate of drug-likeness (QED) is 0.670. The van der Waals surface area contributed by atoms with Gasteiger partial charge in [0, 0.05) is 54.7 Å². The maximum atomic E-state index is 12.8. The van der Waals surface area contributed by atoms with Crippen molar-refractivity contribution in [2.24, 2.45) is 0 Å². The van der Waals surface area contributed by atoms with Gasteiger partial charge >= 0.3 is 0 Å². The zero-order valence-corrected chi connectivity index (χ0v) is 18.4. The van der Waals surface area contributed by atoms with Crippen LogP contribution in [-0.4, -0.2) is 36.7 Å². The van der Waals surface area contributed by atoms with E-state index in [-0.39, 0.29) is 23.6 Å². The molecule has 0 bridgehead atoms. The Morgan fingerprint density at radius 1 is 1.31 bits per heavy atom. The molecule has 0 aliphatic carbocycles. The van der Waals surface area contributed by atoms with E-state index in [9.17, 15) is 9.59 Å². The smallest absolute Gasteiger partial charge is 0.252 e. The molecule has 0 atom stereocenters. The van der Waals surface area contributed by atoms with Crippen molar-refractivity contribution in [3.8, 4) is 0 Å². The van der Waals surface area contributed by atoms with Crippen molar-refractivity contribution in [2.45, 2.75) is 53.1 Å². The minimum absolute atomic E-state index is 0.145. The lowest BCUT2D eigenvalue weighted by atomic mass is 10.1.